The molecule has 124 valence electrons. The molecule has 0 heterocycles. The summed E-state index contributed by atoms with van der Waals surface area (Å²) in [4.78, 5) is 0. The second-order valence-corrected chi connectivity index (χ2v) is 4.61. The summed E-state index contributed by atoms with van der Waals surface area (Å²) in [5.41, 5.74) is 0. The first-order valence-electron chi connectivity index (χ1n) is 7.19. The van der Waals surface area contributed by atoms with Gasteiger partial charge in [0.2, 0.25) is 0 Å². The van der Waals surface area contributed by atoms with Gasteiger partial charge in [-0.3, -0.25) is 0 Å². The van der Waals surface area contributed by atoms with E-state index in [9.17, 15) is 0 Å². The van der Waals surface area contributed by atoms with Gasteiger partial charge in [0.1, 0.15) is 0 Å². The van der Waals surface area contributed by atoms with Gasteiger partial charge in [0, 0.05) is 13.2 Å². The van der Waals surface area contributed by atoms with Crippen molar-refractivity contribution >= 4 is 0 Å². The molecule has 0 saturated heterocycles. The van der Waals surface area contributed by atoms with E-state index in [4.69, 9.17) is 9.47 Å². The minimum absolute atomic E-state index is 0. The average molecular weight is 281 g/mol. The second-order valence-electron chi connectivity index (χ2n) is 4.61. The summed E-state index contributed by atoms with van der Waals surface area (Å²) in [6.45, 7) is 18.3. The minimum atomic E-state index is 0. The molecule has 0 saturated carbocycles. The SMILES string of the molecule is C.C.CC(C)OCCCOC(C)C.CCC.CCC. The van der Waals surface area contributed by atoms with Crippen LogP contribution in [0.15, 0.2) is 0 Å². The molecule has 0 amide bonds. The van der Waals surface area contributed by atoms with Crippen LogP contribution in [0.4, 0.5) is 0 Å². The van der Waals surface area contributed by atoms with Crippen LogP contribution >= 0.6 is 0 Å². The molecule has 0 aromatic carbocycles. The molecule has 0 radical (unpaired) electrons. The molecule has 0 aromatic heterocycles. The fourth-order valence-electron chi connectivity index (χ4n) is 0.697. The predicted octanol–water partition coefficient (Wildman–Crippen LogP) is 6.33. The summed E-state index contributed by atoms with van der Waals surface area (Å²) in [7, 11) is 0. The molecule has 0 bridgehead atoms. The Bertz CT molecular complexity index is 89.4. The zero-order valence-electron chi connectivity index (χ0n) is 13.5. The Morgan fingerprint density at radius 1 is 0.632 bits per heavy atom. The molecule has 0 spiro atoms. The van der Waals surface area contributed by atoms with Gasteiger partial charge in [-0.1, -0.05) is 55.4 Å². The normalized spacial score (nSPS) is 8.53. The van der Waals surface area contributed by atoms with Gasteiger partial charge in [-0.2, -0.15) is 0 Å². The lowest BCUT2D eigenvalue weighted by Crippen LogP contribution is -2.09. The number of rotatable bonds is 6. The van der Waals surface area contributed by atoms with Gasteiger partial charge in [0.05, 0.1) is 12.2 Å². The quantitative estimate of drug-likeness (QED) is 0.529. The van der Waals surface area contributed by atoms with Crippen LogP contribution in [-0.4, -0.2) is 25.4 Å². The van der Waals surface area contributed by atoms with Crippen molar-refractivity contribution in [2.45, 2.75) is 102 Å². The molecular formula is C17H44O2. The third-order valence-corrected chi connectivity index (χ3v) is 1.19. The van der Waals surface area contributed by atoms with Crippen LogP contribution < -0.4 is 0 Å². The molecular weight excluding hydrogens is 236 g/mol. The first kappa shape index (κ1) is 31.4. The van der Waals surface area contributed by atoms with Gasteiger partial charge in [0.15, 0.2) is 0 Å². The zero-order chi connectivity index (χ0) is 14.1. The van der Waals surface area contributed by atoms with Crippen LogP contribution in [0.1, 0.15) is 89.5 Å². The summed E-state index contributed by atoms with van der Waals surface area (Å²) in [5.74, 6) is 0. The molecule has 0 aliphatic heterocycles. The molecule has 0 N–H and O–H groups in total. The Morgan fingerprint density at radius 2 is 0.842 bits per heavy atom. The summed E-state index contributed by atoms with van der Waals surface area (Å²) in [6.07, 6.45) is 4.18. The molecule has 2 heteroatoms. The van der Waals surface area contributed by atoms with E-state index >= 15 is 0 Å². The topological polar surface area (TPSA) is 18.5 Å². The van der Waals surface area contributed by atoms with Crippen molar-refractivity contribution in [3.63, 3.8) is 0 Å². The van der Waals surface area contributed by atoms with Crippen LogP contribution in [0.25, 0.3) is 0 Å². The van der Waals surface area contributed by atoms with Crippen LogP contribution in [0, 0.1) is 0 Å². The smallest absolute Gasteiger partial charge is 0.0518 e. The van der Waals surface area contributed by atoms with Gasteiger partial charge in [-0.05, 0) is 34.1 Å². The largest absolute Gasteiger partial charge is 0.379 e. The van der Waals surface area contributed by atoms with Crippen molar-refractivity contribution < 1.29 is 9.47 Å². The minimum Gasteiger partial charge on any atom is -0.379 e. The van der Waals surface area contributed by atoms with Gasteiger partial charge in [0.25, 0.3) is 0 Å². The van der Waals surface area contributed by atoms with Crippen molar-refractivity contribution in [3.05, 3.63) is 0 Å². The molecule has 19 heavy (non-hydrogen) atoms. The summed E-state index contributed by atoms with van der Waals surface area (Å²) in [5, 5.41) is 0. The van der Waals surface area contributed by atoms with Crippen LogP contribution in [0.5, 0.6) is 0 Å². The third kappa shape index (κ3) is 72.4. The highest BCUT2D eigenvalue weighted by molar-refractivity contribution is 4.41. The van der Waals surface area contributed by atoms with Crippen molar-refractivity contribution in [1.29, 1.82) is 0 Å². The number of hydrogen-bond donors (Lipinski definition) is 0. The lowest BCUT2D eigenvalue weighted by Gasteiger charge is -2.09. The van der Waals surface area contributed by atoms with Crippen molar-refractivity contribution in [2.75, 3.05) is 13.2 Å². The maximum Gasteiger partial charge on any atom is 0.0518 e. The Balaban J connectivity index is -0.0000000700. The fraction of sp³-hybridized carbons (Fsp3) is 1.00. The van der Waals surface area contributed by atoms with E-state index in [0.29, 0.717) is 12.2 Å². The lowest BCUT2D eigenvalue weighted by molar-refractivity contribution is 0.0335. The maximum absolute atomic E-state index is 5.34. The Hall–Kier alpha value is -0.0800. The lowest BCUT2D eigenvalue weighted by atomic mass is 10.4. The van der Waals surface area contributed by atoms with Crippen molar-refractivity contribution in [3.8, 4) is 0 Å². The second kappa shape index (κ2) is 30.7. The number of hydrogen-bond acceptors (Lipinski definition) is 2. The van der Waals surface area contributed by atoms with Crippen molar-refractivity contribution in [1.82, 2.24) is 0 Å². The summed E-state index contributed by atoms with van der Waals surface area (Å²) >= 11 is 0. The molecule has 0 aliphatic carbocycles. The van der Waals surface area contributed by atoms with E-state index in [1.54, 1.807) is 0 Å². The summed E-state index contributed by atoms with van der Waals surface area (Å²) in [6, 6.07) is 0. The third-order valence-electron chi connectivity index (χ3n) is 1.19. The number of ether oxygens (including phenoxy) is 2. The maximum atomic E-state index is 5.34. The van der Waals surface area contributed by atoms with Gasteiger partial charge in [-0.25, -0.2) is 0 Å². The predicted molar refractivity (Wildman–Crippen MR) is 92.2 cm³/mol. The standard InChI is InChI=1S/C9H20O2.2C3H8.2CH4/c1-8(2)10-6-5-7-11-9(3)4;2*1-3-2;;/h8-9H,5-7H2,1-4H3;2*3H2,1-2H3;2*1H4. The van der Waals surface area contributed by atoms with Gasteiger partial charge < -0.3 is 9.47 Å². The summed E-state index contributed by atoms with van der Waals surface area (Å²) < 4.78 is 10.7. The highest BCUT2D eigenvalue weighted by Crippen LogP contribution is 1.93. The van der Waals surface area contributed by atoms with Crippen LogP contribution in [-0.2, 0) is 9.47 Å². The highest BCUT2D eigenvalue weighted by atomic mass is 16.5. The van der Waals surface area contributed by atoms with E-state index in [1.807, 2.05) is 27.7 Å². The Kier molecular flexibility index (Phi) is 50.7. The molecule has 2 nitrogen and oxygen atoms in total. The van der Waals surface area contributed by atoms with Gasteiger partial charge >= 0.3 is 0 Å². The molecule has 0 aromatic rings. The fourth-order valence-corrected chi connectivity index (χ4v) is 0.697. The van der Waals surface area contributed by atoms with Gasteiger partial charge in [-0.15, -0.1) is 0 Å². The van der Waals surface area contributed by atoms with E-state index in [0.717, 1.165) is 19.6 Å². The van der Waals surface area contributed by atoms with Crippen LogP contribution in [0.3, 0.4) is 0 Å². The molecule has 0 fully saturated rings. The van der Waals surface area contributed by atoms with E-state index in [2.05, 4.69) is 27.7 Å². The molecule has 0 atom stereocenters. The zero-order valence-corrected chi connectivity index (χ0v) is 13.5. The van der Waals surface area contributed by atoms with E-state index in [1.165, 1.54) is 12.8 Å². The Labute approximate surface area is 125 Å². The van der Waals surface area contributed by atoms with Crippen LogP contribution in [0.2, 0.25) is 0 Å². The monoisotopic (exact) mass is 280 g/mol. The van der Waals surface area contributed by atoms with E-state index < -0.39 is 0 Å². The average Bonchev–Trinajstić information content (AvgIpc) is 2.18. The highest BCUT2D eigenvalue weighted by Gasteiger charge is 1.94. The van der Waals surface area contributed by atoms with Crippen molar-refractivity contribution in [2.24, 2.45) is 0 Å². The first-order valence-corrected chi connectivity index (χ1v) is 7.19. The molecule has 0 rings (SSSR count). The molecule has 0 aliphatic rings. The van der Waals surface area contributed by atoms with E-state index in [-0.39, 0.29) is 14.9 Å². The Morgan fingerprint density at radius 3 is 1.00 bits per heavy atom. The molecule has 0 unspecified atom stereocenters. The first-order chi connectivity index (χ1) is 7.95.